The topological polar surface area (TPSA) is 105 Å². The Kier molecular flexibility index (Phi) is 7.48. The molecule has 1 saturated heterocycles. The molecule has 0 atom stereocenters. The lowest BCUT2D eigenvalue weighted by Gasteiger charge is -2.32. The van der Waals surface area contributed by atoms with Gasteiger partial charge in [-0.05, 0) is 37.9 Å². The molecule has 0 aliphatic carbocycles. The van der Waals surface area contributed by atoms with Crippen molar-refractivity contribution in [2.24, 2.45) is 0 Å². The minimum absolute atomic E-state index is 0. The van der Waals surface area contributed by atoms with E-state index in [2.05, 4.69) is 22.5 Å². The average Bonchev–Trinajstić information content (AvgIpc) is 2.50. The van der Waals surface area contributed by atoms with Gasteiger partial charge < -0.3 is 21.0 Å². The summed E-state index contributed by atoms with van der Waals surface area (Å²) in [5.74, 6) is 0. The molecule has 1 aromatic rings. The molecule has 1 aromatic carbocycles. The second-order valence-electron chi connectivity index (χ2n) is 5.39. The van der Waals surface area contributed by atoms with Crippen molar-refractivity contribution in [1.29, 1.82) is 0 Å². The number of carbonyl (C=O) groups is 1. The minimum atomic E-state index is -0.188. The van der Waals surface area contributed by atoms with Gasteiger partial charge in [-0.15, -0.1) is 0 Å². The van der Waals surface area contributed by atoms with Crippen LogP contribution in [0.3, 0.4) is 0 Å². The van der Waals surface area contributed by atoms with E-state index >= 15 is 0 Å². The van der Waals surface area contributed by atoms with E-state index in [1.54, 1.807) is 29.4 Å². The summed E-state index contributed by atoms with van der Waals surface area (Å²) in [6.07, 6.45) is 3.16. The van der Waals surface area contributed by atoms with Crippen molar-refractivity contribution < 1.29 is 15.4 Å². The van der Waals surface area contributed by atoms with E-state index in [9.17, 15) is 9.70 Å². The van der Waals surface area contributed by atoms with Gasteiger partial charge in [-0.25, -0.2) is 4.79 Å². The van der Waals surface area contributed by atoms with Crippen molar-refractivity contribution in [2.75, 3.05) is 25.0 Å². The van der Waals surface area contributed by atoms with E-state index in [-0.39, 0.29) is 17.5 Å². The number of rotatable bonds is 5. The highest BCUT2D eigenvalue weighted by Gasteiger charge is 2.19. The number of anilines is 1. The maximum absolute atomic E-state index is 11.9. The molecule has 1 heterocycles. The van der Waals surface area contributed by atoms with Crippen molar-refractivity contribution in [3.63, 3.8) is 0 Å². The Hall–Kier alpha value is -1.99. The molecule has 7 nitrogen and oxygen atoms in total. The first-order valence-corrected chi connectivity index (χ1v) is 7.49. The van der Waals surface area contributed by atoms with Gasteiger partial charge in [0, 0.05) is 47.0 Å². The van der Waals surface area contributed by atoms with Gasteiger partial charge in [-0.2, -0.15) is 0 Å². The molecule has 2 amide bonds. The molecule has 1 aliphatic heterocycles. The van der Waals surface area contributed by atoms with Gasteiger partial charge in [0.1, 0.15) is 0 Å². The van der Waals surface area contributed by atoms with Gasteiger partial charge in [-0.1, -0.05) is 6.92 Å². The summed E-state index contributed by atoms with van der Waals surface area (Å²) in [5, 5.41) is 7.59. The Morgan fingerprint density at radius 1 is 1.27 bits per heavy atom. The molecule has 1 aliphatic rings. The lowest BCUT2D eigenvalue weighted by molar-refractivity contribution is -0.379. The van der Waals surface area contributed by atoms with Crippen LogP contribution in [0.25, 0.3) is 0 Å². The minimum Gasteiger partial charge on any atom is -0.870 e. The lowest BCUT2D eigenvalue weighted by Crippen LogP contribution is -2.55. The van der Waals surface area contributed by atoms with Gasteiger partial charge in [0.05, 0.1) is 0 Å². The first-order chi connectivity index (χ1) is 10.2. The Morgan fingerprint density at radius 2 is 1.91 bits per heavy atom. The summed E-state index contributed by atoms with van der Waals surface area (Å²) in [7, 11) is 0. The van der Waals surface area contributed by atoms with Crippen molar-refractivity contribution in [3.05, 3.63) is 29.2 Å². The smallest absolute Gasteiger partial charge is 0.319 e. The maximum Gasteiger partial charge on any atom is 0.319 e. The summed E-state index contributed by atoms with van der Waals surface area (Å²) in [4.78, 5) is 24.8. The standard InChI is InChI=1S/C15H22N4O2.H2O/c1-2-9-19-10-7-13(8-11-19)17-15(20)16-12-3-5-14(18-21)6-4-12;/h3-6,13H,2,7-11H2,1H3,(H2,16,17,20);1H2. The average molecular weight is 308 g/mol. The zero-order chi connectivity index (χ0) is 15.1. The number of nitrogens with zero attached hydrogens (tertiary/aromatic N) is 1. The third-order valence-electron chi connectivity index (χ3n) is 3.72. The zero-order valence-electron chi connectivity index (χ0n) is 12.8. The Bertz CT molecular complexity index is 470. The van der Waals surface area contributed by atoms with Crippen LogP contribution in [0.4, 0.5) is 16.2 Å². The third-order valence-corrected chi connectivity index (χ3v) is 3.72. The van der Waals surface area contributed by atoms with E-state index < -0.39 is 0 Å². The van der Waals surface area contributed by atoms with Crippen LogP contribution >= 0.6 is 0 Å². The number of nitroso groups, excluding NO2 is 1. The molecular formula is C15H24N4O3. The van der Waals surface area contributed by atoms with E-state index in [0.29, 0.717) is 11.4 Å². The molecule has 0 unspecified atom stereocenters. The molecule has 0 aromatic heterocycles. The number of hydrogen-bond donors (Lipinski definition) is 3. The summed E-state index contributed by atoms with van der Waals surface area (Å²) >= 11 is 0. The molecule has 22 heavy (non-hydrogen) atoms. The molecule has 0 saturated carbocycles. The first kappa shape index (κ1) is 18.1. The molecule has 0 radical (unpaired) electrons. The van der Waals surface area contributed by atoms with Gasteiger partial charge in [0.15, 0.2) is 0 Å². The van der Waals surface area contributed by atoms with Crippen molar-refractivity contribution in [1.82, 2.24) is 10.2 Å². The molecule has 2 rings (SSSR count). The molecule has 0 bridgehead atoms. The summed E-state index contributed by atoms with van der Waals surface area (Å²) in [5.41, 5.74) is 1.15. The highest BCUT2D eigenvalue weighted by atomic mass is 16.3. The predicted octanol–water partition coefficient (Wildman–Crippen LogP) is 0.984. The highest BCUT2D eigenvalue weighted by Crippen LogP contribution is 2.12. The van der Waals surface area contributed by atoms with Crippen LogP contribution in [0.5, 0.6) is 0 Å². The number of hydrogen-bond acceptors (Lipinski definition) is 4. The fourth-order valence-electron chi connectivity index (χ4n) is 2.59. The quantitative estimate of drug-likeness (QED) is 0.754. The molecule has 1 fully saturated rings. The Balaban J connectivity index is 0.00000242. The van der Waals surface area contributed by atoms with Crippen LogP contribution in [0, 0.1) is 4.91 Å². The fourth-order valence-corrected chi connectivity index (χ4v) is 2.59. The monoisotopic (exact) mass is 308 g/mol. The SMILES string of the molecule is CCCN1CCC(NC(=O)Nc2ccc([NH+]=O)cc2)CC1.[OH-]. The van der Waals surface area contributed by atoms with Crippen LogP contribution < -0.4 is 15.8 Å². The van der Waals surface area contributed by atoms with E-state index in [4.69, 9.17) is 0 Å². The number of amides is 2. The number of benzene rings is 1. The van der Waals surface area contributed by atoms with E-state index in [1.807, 2.05) is 0 Å². The number of nitrogens with one attached hydrogen (secondary N) is 3. The summed E-state index contributed by atoms with van der Waals surface area (Å²) < 4.78 is 0. The van der Waals surface area contributed by atoms with Crippen LogP contribution in [0.15, 0.2) is 24.3 Å². The Labute approximate surface area is 130 Å². The molecule has 122 valence electrons. The zero-order valence-corrected chi connectivity index (χ0v) is 12.8. The highest BCUT2D eigenvalue weighted by molar-refractivity contribution is 5.89. The van der Waals surface area contributed by atoms with Gasteiger partial charge in [0.25, 0.3) is 5.69 Å². The van der Waals surface area contributed by atoms with Gasteiger partial charge >= 0.3 is 6.03 Å². The van der Waals surface area contributed by atoms with Crippen LogP contribution in [-0.2, 0) is 0 Å². The largest absolute Gasteiger partial charge is 0.870 e. The first-order valence-electron chi connectivity index (χ1n) is 7.49. The number of carbonyl (C=O) groups excluding carboxylic acids is 1. The third kappa shape index (κ3) is 5.42. The molecule has 4 N–H and O–H groups in total. The molecule has 7 heteroatoms. The molecule has 0 spiro atoms. The number of piperidine rings is 1. The van der Waals surface area contributed by atoms with Crippen molar-refractivity contribution >= 4 is 17.4 Å². The summed E-state index contributed by atoms with van der Waals surface area (Å²) in [6, 6.07) is 6.71. The Morgan fingerprint density at radius 3 is 2.45 bits per heavy atom. The van der Waals surface area contributed by atoms with Crippen LogP contribution in [0.1, 0.15) is 26.2 Å². The van der Waals surface area contributed by atoms with E-state index in [1.165, 1.54) is 6.42 Å². The van der Waals surface area contributed by atoms with Gasteiger partial charge in [-0.3, -0.25) is 0 Å². The summed E-state index contributed by atoms with van der Waals surface area (Å²) in [6.45, 7) is 5.41. The normalized spacial score (nSPS) is 15.7. The number of urea groups is 1. The second-order valence-corrected chi connectivity index (χ2v) is 5.39. The van der Waals surface area contributed by atoms with Gasteiger partial charge in [0.2, 0.25) is 0 Å². The predicted molar refractivity (Wildman–Crippen MR) is 84.3 cm³/mol. The maximum atomic E-state index is 11.9. The van der Waals surface area contributed by atoms with Crippen LogP contribution in [0.2, 0.25) is 0 Å². The molecular weight excluding hydrogens is 284 g/mol. The van der Waals surface area contributed by atoms with Crippen LogP contribution in [-0.4, -0.2) is 42.1 Å². The van der Waals surface area contributed by atoms with E-state index in [0.717, 1.165) is 32.5 Å². The second kappa shape index (κ2) is 9.11. The van der Waals surface area contributed by atoms with Crippen molar-refractivity contribution in [3.8, 4) is 0 Å². The van der Waals surface area contributed by atoms with Crippen molar-refractivity contribution in [2.45, 2.75) is 32.2 Å². The lowest BCUT2D eigenvalue weighted by atomic mass is 10.1. The fraction of sp³-hybridized carbons (Fsp3) is 0.533. The number of likely N-dealkylation sites (tertiary alicyclic amines) is 1.